The number of esters is 1. The SMILES string of the molecule is COC(=O)c1ccc(NC(=O)[C@@H](N)CC(C)C)cc1Cl.Cl. The van der Waals surface area contributed by atoms with E-state index in [9.17, 15) is 9.59 Å². The van der Waals surface area contributed by atoms with Crippen LogP contribution in [-0.4, -0.2) is 25.0 Å². The average Bonchev–Trinajstić information content (AvgIpc) is 2.37. The van der Waals surface area contributed by atoms with E-state index in [0.29, 0.717) is 18.0 Å². The Morgan fingerprint density at radius 1 is 1.38 bits per heavy atom. The van der Waals surface area contributed by atoms with E-state index in [2.05, 4.69) is 10.1 Å². The first-order valence-electron chi connectivity index (χ1n) is 6.29. The van der Waals surface area contributed by atoms with Crippen LogP contribution in [0.15, 0.2) is 18.2 Å². The molecule has 1 atom stereocenters. The molecular formula is C14H20Cl2N2O3. The fourth-order valence-corrected chi connectivity index (χ4v) is 1.98. The molecule has 0 spiro atoms. The standard InChI is InChI=1S/C14H19ClN2O3.ClH/c1-8(2)6-12(16)13(18)17-9-4-5-10(11(15)7-9)14(19)20-3;/h4-5,7-8,12H,6,16H2,1-3H3,(H,17,18);1H/t12-;/m0./s1. The number of hydrogen-bond donors (Lipinski definition) is 2. The molecule has 0 fully saturated rings. The number of carbonyl (C=O) groups excluding carboxylic acids is 2. The third kappa shape index (κ3) is 5.91. The topological polar surface area (TPSA) is 81.4 Å². The van der Waals surface area contributed by atoms with Gasteiger partial charge in [-0.15, -0.1) is 12.4 Å². The van der Waals surface area contributed by atoms with Gasteiger partial charge >= 0.3 is 5.97 Å². The van der Waals surface area contributed by atoms with Crippen molar-refractivity contribution in [2.75, 3.05) is 12.4 Å². The molecule has 1 aromatic carbocycles. The summed E-state index contributed by atoms with van der Waals surface area (Å²) in [6.07, 6.45) is 0.597. The first-order valence-corrected chi connectivity index (χ1v) is 6.67. The normalized spacial score (nSPS) is 11.5. The number of benzene rings is 1. The second-order valence-corrected chi connectivity index (χ2v) is 5.32. The second kappa shape index (κ2) is 8.87. The lowest BCUT2D eigenvalue weighted by Crippen LogP contribution is -2.36. The Morgan fingerprint density at radius 3 is 2.48 bits per heavy atom. The molecule has 118 valence electrons. The number of nitrogens with one attached hydrogen (secondary N) is 1. The number of anilines is 1. The van der Waals surface area contributed by atoms with E-state index in [-0.39, 0.29) is 28.9 Å². The average molecular weight is 335 g/mol. The number of hydrogen-bond acceptors (Lipinski definition) is 4. The van der Waals surface area contributed by atoms with Crippen molar-refractivity contribution in [3.63, 3.8) is 0 Å². The summed E-state index contributed by atoms with van der Waals surface area (Å²) in [5.41, 5.74) is 6.53. The Morgan fingerprint density at radius 2 is 2.00 bits per heavy atom. The van der Waals surface area contributed by atoms with E-state index in [4.69, 9.17) is 17.3 Å². The summed E-state index contributed by atoms with van der Waals surface area (Å²) in [7, 11) is 1.28. The summed E-state index contributed by atoms with van der Waals surface area (Å²) in [5, 5.41) is 2.89. The Bertz CT molecular complexity index is 507. The summed E-state index contributed by atoms with van der Waals surface area (Å²) in [5.74, 6) is -0.467. The van der Waals surface area contributed by atoms with Crippen molar-refractivity contribution >= 4 is 41.6 Å². The van der Waals surface area contributed by atoms with E-state index in [1.54, 1.807) is 6.07 Å². The van der Waals surface area contributed by atoms with E-state index in [1.165, 1.54) is 19.2 Å². The highest BCUT2D eigenvalue weighted by atomic mass is 35.5. The van der Waals surface area contributed by atoms with Gasteiger partial charge in [0.15, 0.2) is 0 Å². The molecule has 1 rings (SSSR count). The zero-order chi connectivity index (χ0) is 15.3. The lowest BCUT2D eigenvalue weighted by molar-refractivity contribution is -0.117. The van der Waals surface area contributed by atoms with Crippen LogP contribution in [0.3, 0.4) is 0 Å². The molecule has 0 aliphatic rings. The van der Waals surface area contributed by atoms with Gasteiger partial charge in [0.05, 0.1) is 23.7 Å². The first kappa shape index (κ1) is 19.7. The molecule has 7 heteroatoms. The fraction of sp³-hybridized carbons (Fsp3) is 0.429. The summed E-state index contributed by atoms with van der Waals surface area (Å²) in [6, 6.07) is 4.00. The number of ether oxygens (including phenoxy) is 1. The molecule has 0 radical (unpaired) electrons. The number of amides is 1. The van der Waals surface area contributed by atoms with Crippen LogP contribution in [0.25, 0.3) is 0 Å². The largest absolute Gasteiger partial charge is 0.465 e. The molecule has 0 heterocycles. The van der Waals surface area contributed by atoms with Crippen LogP contribution in [0.1, 0.15) is 30.6 Å². The number of methoxy groups -OCH3 is 1. The lowest BCUT2D eigenvalue weighted by Gasteiger charge is -2.14. The van der Waals surface area contributed by atoms with Gasteiger partial charge < -0.3 is 15.8 Å². The van der Waals surface area contributed by atoms with Gasteiger partial charge in [0.2, 0.25) is 5.91 Å². The summed E-state index contributed by atoms with van der Waals surface area (Å²) < 4.78 is 4.59. The van der Waals surface area contributed by atoms with Crippen molar-refractivity contribution in [2.24, 2.45) is 11.7 Å². The smallest absolute Gasteiger partial charge is 0.339 e. The Labute approximate surface area is 135 Å². The van der Waals surface area contributed by atoms with Gasteiger partial charge in [-0.25, -0.2) is 4.79 Å². The van der Waals surface area contributed by atoms with Crippen LogP contribution in [-0.2, 0) is 9.53 Å². The van der Waals surface area contributed by atoms with E-state index in [1.807, 2.05) is 13.8 Å². The maximum absolute atomic E-state index is 11.9. The lowest BCUT2D eigenvalue weighted by atomic mass is 10.0. The van der Waals surface area contributed by atoms with Crippen molar-refractivity contribution in [2.45, 2.75) is 26.3 Å². The molecule has 0 aliphatic heterocycles. The molecule has 21 heavy (non-hydrogen) atoms. The van der Waals surface area contributed by atoms with Crippen LogP contribution in [0.5, 0.6) is 0 Å². The van der Waals surface area contributed by atoms with Gasteiger partial charge in [-0.3, -0.25) is 4.79 Å². The van der Waals surface area contributed by atoms with E-state index in [0.717, 1.165) is 0 Å². The zero-order valence-electron chi connectivity index (χ0n) is 12.2. The van der Waals surface area contributed by atoms with Crippen molar-refractivity contribution in [3.05, 3.63) is 28.8 Å². The highest BCUT2D eigenvalue weighted by Crippen LogP contribution is 2.22. The van der Waals surface area contributed by atoms with Crippen LogP contribution >= 0.6 is 24.0 Å². The first-order chi connectivity index (χ1) is 9.35. The molecule has 0 unspecified atom stereocenters. The van der Waals surface area contributed by atoms with Crippen molar-refractivity contribution in [1.82, 2.24) is 0 Å². The molecule has 1 aromatic rings. The Hall–Kier alpha value is -1.30. The highest BCUT2D eigenvalue weighted by Gasteiger charge is 2.16. The Kier molecular flexibility index (Phi) is 8.32. The molecule has 0 saturated heterocycles. The maximum Gasteiger partial charge on any atom is 0.339 e. The molecule has 3 N–H and O–H groups in total. The van der Waals surface area contributed by atoms with Crippen LogP contribution in [0.4, 0.5) is 5.69 Å². The molecule has 0 aromatic heterocycles. The van der Waals surface area contributed by atoms with E-state index < -0.39 is 12.0 Å². The molecular weight excluding hydrogens is 315 g/mol. The van der Waals surface area contributed by atoms with Crippen LogP contribution < -0.4 is 11.1 Å². The maximum atomic E-state index is 11.9. The number of halogens is 2. The fourth-order valence-electron chi connectivity index (χ4n) is 1.72. The molecule has 5 nitrogen and oxygen atoms in total. The summed E-state index contributed by atoms with van der Waals surface area (Å²) in [6.45, 7) is 3.99. The minimum atomic E-state index is -0.575. The van der Waals surface area contributed by atoms with Crippen LogP contribution in [0.2, 0.25) is 5.02 Å². The quantitative estimate of drug-likeness (QED) is 0.811. The monoisotopic (exact) mass is 334 g/mol. The van der Waals surface area contributed by atoms with Gasteiger partial charge in [0.1, 0.15) is 0 Å². The van der Waals surface area contributed by atoms with Crippen molar-refractivity contribution < 1.29 is 14.3 Å². The van der Waals surface area contributed by atoms with Gasteiger partial charge in [-0.2, -0.15) is 0 Å². The van der Waals surface area contributed by atoms with Crippen molar-refractivity contribution in [1.29, 1.82) is 0 Å². The van der Waals surface area contributed by atoms with Gasteiger partial charge in [-0.1, -0.05) is 25.4 Å². The number of rotatable bonds is 5. The van der Waals surface area contributed by atoms with Gasteiger partial charge in [0, 0.05) is 5.69 Å². The third-order valence-corrected chi connectivity index (χ3v) is 3.02. The number of nitrogens with two attached hydrogens (primary N) is 1. The van der Waals surface area contributed by atoms with Crippen molar-refractivity contribution in [3.8, 4) is 0 Å². The van der Waals surface area contributed by atoms with Crippen LogP contribution in [0, 0.1) is 5.92 Å². The second-order valence-electron chi connectivity index (χ2n) is 4.91. The van der Waals surface area contributed by atoms with E-state index >= 15 is 0 Å². The molecule has 0 bridgehead atoms. The summed E-state index contributed by atoms with van der Waals surface area (Å²) in [4.78, 5) is 23.2. The highest BCUT2D eigenvalue weighted by molar-refractivity contribution is 6.34. The third-order valence-electron chi connectivity index (χ3n) is 2.70. The Balaban J connectivity index is 0.00000400. The molecule has 0 aliphatic carbocycles. The molecule has 0 saturated carbocycles. The minimum Gasteiger partial charge on any atom is -0.465 e. The summed E-state index contributed by atoms with van der Waals surface area (Å²) >= 11 is 5.97. The van der Waals surface area contributed by atoms with Gasteiger partial charge in [-0.05, 0) is 30.5 Å². The predicted octanol–water partition coefficient (Wildman–Crippen LogP) is 2.86. The predicted molar refractivity (Wildman–Crippen MR) is 86.1 cm³/mol. The number of carbonyl (C=O) groups is 2. The van der Waals surface area contributed by atoms with Gasteiger partial charge in [0.25, 0.3) is 0 Å². The molecule has 1 amide bonds. The zero-order valence-corrected chi connectivity index (χ0v) is 13.8. The minimum absolute atomic E-state index is 0.